The van der Waals surface area contributed by atoms with Gasteiger partial charge < -0.3 is 14.2 Å². The first-order valence-corrected chi connectivity index (χ1v) is 10.7. The summed E-state index contributed by atoms with van der Waals surface area (Å²) < 4.78 is 16.1. The Bertz CT molecular complexity index is 852. The van der Waals surface area contributed by atoms with E-state index in [0.29, 0.717) is 26.0 Å². The molecule has 29 heavy (non-hydrogen) atoms. The number of halogens is 1. The number of hydrogen-bond donors (Lipinski definition) is 0. The molecule has 1 aliphatic rings. The first-order valence-electron chi connectivity index (χ1n) is 9.06. The Labute approximate surface area is 183 Å². The van der Waals surface area contributed by atoms with Gasteiger partial charge in [0.2, 0.25) is 0 Å². The normalized spacial score (nSPS) is 17.0. The van der Waals surface area contributed by atoms with Crippen molar-refractivity contribution in [3.63, 3.8) is 0 Å². The van der Waals surface area contributed by atoms with Crippen LogP contribution in [0.3, 0.4) is 0 Å². The zero-order valence-electron chi connectivity index (χ0n) is 17.3. The molecule has 0 aliphatic carbocycles. The third-order valence-electron chi connectivity index (χ3n) is 3.86. The number of rotatable bonds is 7. The molecular formula is C20H25BrN2O5S. The molecule has 2 rings (SSSR count). The lowest BCUT2D eigenvalue weighted by molar-refractivity contribution is -0.142. The lowest BCUT2D eigenvalue weighted by atomic mass is 10.1. The molecule has 0 saturated carbocycles. The summed E-state index contributed by atoms with van der Waals surface area (Å²) in [5, 5.41) is 0.701. The lowest BCUT2D eigenvalue weighted by Gasteiger charge is -2.20. The molecule has 0 aromatic heterocycles. The summed E-state index contributed by atoms with van der Waals surface area (Å²) >= 11 is 4.86. The summed E-state index contributed by atoms with van der Waals surface area (Å²) in [4.78, 5) is 31.1. The van der Waals surface area contributed by atoms with Gasteiger partial charge in [0.05, 0.1) is 19.1 Å². The van der Waals surface area contributed by atoms with Crippen LogP contribution in [-0.2, 0) is 14.3 Å². The number of thioether (sulfide) groups is 1. The molecule has 1 saturated heterocycles. The minimum absolute atomic E-state index is 0.00507. The summed E-state index contributed by atoms with van der Waals surface area (Å²) in [7, 11) is 2.80. The van der Waals surface area contributed by atoms with Gasteiger partial charge in [0.1, 0.15) is 0 Å². The number of benzene rings is 1. The van der Waals surface area contributed by atoms with Crippen LogP contribution in [0.15, 0.2) is 26.5 Å². The van der Waals surface area contributed by atoms with E-state index >= 15 is 0 Å². The smallest absolute Gasteiger partial charge is 0.343 e. The predicted molar refractivity (Wildman–Crippen MR) is 118 cm³/mol. The molecule has 0 unspecified atom stereocenters. The molecule has 1 aromatic carbocycles. The minimum Gasteiger partial charge on any atom is -0.493 e. The van der Waals surface area contributed by atoms with E-state index in [-0.39, 0.29) is 24.6 Å². The summed E-state index contributed by atoms with van der Waals surface area (Å²) in [6, 6.07) is 3.53. The average Bonchev–Trinajstić information content (AvgIpc) is 2.95. The Balaban J connectivity index is 2.38. The molecule has 0 atom stereocenters. The number of aliphatic imine (C=N–C) groups is 1. The number of carbonyl (C=O) groups is 2. The van der Waals surface area contributed by atoms with Crippen LogP contribution in [0.4, 0.5) is 0 Å². The van der Waals surface area contributed by atoms with E-state index in [0.717, 1.165) is 5.56 Å². The van der Waals surface area contributed by atoms with Crippen LogP contribution < -0.4 is 9.47 Å². The molecule has 0 spiro atoms. The van der Waals surface area contributed by atoms with E-state index < -0.39 is 5.97 Å². The Morgan fingerprint density at radius 2 is 1.93 bits per heavy atom. The summed E-state index contributed by atoms with van der Waals surface area (Å²) in [6.07, 6.45) is 1.79. The Morgan fingerprint density at radius 3 is 2.48 bits per heavy atom. The van der Waals surface area contributed by atoms with E-state index in [1.54, 1.807) is 23.1 Å². The molecule has 1 aliphatic heterocycles. The van der Waals surface area contributed by atoms with Gasteiger partial charge in [-0.2, -0.15) is 0 Å². The number of amides is 1. The van der Waals surface area contributed by atoms with Crippen molar-refractivity contribution in [3.8, 4) is 11.5 Å². The maximum atomic E-state index is 12.9. The van der Waals surface area contributed by atoms with Crippen LogP contribution >= 0.6 is 27.7 Å². The highest BCUT2D eigenvalue weighted by molar-refractivity contribution is 9.10. The Kier molecular flexibility index (Phi) is 8.15. The number of amidine groups is 1. The van der Waals surface area contributed by atoms with Gasteiger partial charge in [0.25, 0.3) is 5.91 Å². The van der Waals surface area contributed by atoms with Gasteiger partial charge in [-0.3, -0.25) is 14.7 Å². The molecular weight excluding hydrogens is 460 g/mol. The average molecular weight is 485 g/mol. The number of ether oxygens (including phenoxy) is 3. The van der Waals surface area contributed by atoms with Crippen molar-refractivity contribution in [1.29, 1.82) is 0 Å². The van der Waals surface area contributed by atoms with Gasteiger partial charge in [0.15, 0.2) is 23.3 Å². The highest BCUT2D eigenvalue weighted by atomic mass is 79.9. The van der Waals surface area contributed by atoms with Crippen LogP contribution in [0.5, 0.6) is 11.5 Å². The molecule has 1 amide bonds. The van der Waals surface area contributed by atoms with Crippen LogP contribution in [0.25, 0.3) is 6.08 Å². The SMILES string of the molecule is COC(=O)COc1cc(Br)c(/C=C2/SC(=NC(C)C)N(C(C)C)C2=O)cc1OC. The molecule has 1 heterocycles. The van der Waals surface area contributed by atoms with Gasteiger partial charge in [-0.05, 0) is 63.2 Å². The van der Waals surface area contributed by atoms with Crippen LogP contribution in [0.1, 0.15) is 33.3 Å². The zero-order valence-corrected chi connectivity index (χ0v) is 19.7. The second-order valence-electron chi connectivity index (χ2n) is 6.77. The largest absolute Gasteiger partial charge is 0.493 e. The minimum atomic E-state index is -0.493. The highest BCUT2D eigenvalue weighted by Gasteiger charge is 2.35. The highest BCUT2D eigenvalue weighted by Crippen LogP contribution is 2.38. The monoisotopic (exact) mass is 484 g/mol. The van der Waals surface area contributed by atoms with Gasteiger partial charge >= 0.3 is 5.97 Å². The van der Waals surface area contributed by atoms with E-state index in [4.69, 9.17) is 9.47 Å². The number of esters is 1. The van der Waals surface area contributed by atoms with E-state index in [2.05, 4.69) is 25.7 Å². The fourth-order valence-electron chi connectivity index (χ4n) is 2.52. The second kappa shape index (κ2) is 10.2. The summed E-state index contributed by atoms with van der Waals surface area (Å²) in [5.41, 5.74) is 0.748. The lowest BCUT2D eigenvalue weighted by Crippen LogP contribution is -2.35. The number of hydrogen-bond acceptors (Lipinski definition) is 7. The van der Waals surface area contributed by atoms with E-state index in [1.165, 1.54) is 26.0 Å². The van der Waals surface area contributed by atoms with Crippen LogP contribution in [0.2, 0.25) is 0 Å². The maximum Gasteiger partial charge on any atom is 0.343 e. The molecule has 9 heteroatoms. The maximum absolute atomic E-state index is 12.9. The quantitative estimate of drug-likeness (QED) is 0.428. The van der Waals surface area contributed by atoms with Crippen LogP contribution in [-0.4, -0.2) is 54.9 Å². The molecule has 1 fully saturated rings. The topological polar surface area (TPSA) is 77.4 Å². The number of carbonyl (C=O) groups excluding carboxylic acids is 2. The van der Waals surface area contributed by atoms with Crippen molar-refractivity contribution in [2.75, 3.05) is 20.8 Å². The van der Waals surface area contributed by atoms with Crippen molar-refractivity contribution in [2.24, 2.45) is 4.99 Å². The third kappa shape index (κ3) is 5.76. The zero-order chi connectivity index (χ0) is 21.7. The van der Waals surface area contributed by atoms with Gasteiger partial charge in [0, 0.05) is 16.6 Å². The van der Waals surface area contributed by atoms with Gasteiger partial charge in [-0.25, -0.2) is 4.79 Å². The standard InChI is InChI=1S/C20H25BrN2O5S/c1-11(2)22-20-23(12(3)4)19(25)17(29-20)8-13-7-15(26-5)16(9-14(13)21)28-10-18(24)27-6/h7-9,11-12H,10H2,1-6H3/b17-8+,22-20?. The number of nitrogens with zero attached hydrogens (tertiary/aromatic N) is 2. The molecule has 0 radical (unpaired) electrons. The molecule has 0 bridgehead atoms. The Hall–Kier alpha value is -2.00. The fraction of sp³-hybridized carbons (Fsp3) is 0.450. The number of methoxy groups -OCH3 is 2. The summed E-state index contributed by atoms with van der Waals surface area (Å²) in [6.45, 7) is 7.65. The predicted octanol–water partition coefficient (Wildman–Crippen LogP) is 4.10. The molecule has 0 N–H and O–H groups in total. The molecule has 1 aromatic rings. The van der Waals surface area contributed by atoms with E-state index in [9.17, 15) is 9.59 Å². The second-order valence-corrected chi connectivity index (χ2v) is 8.64. The van der Waals surface area contributed by atoms with Crippen molar-refractivity contribution < 1.29 is 23.8 Å². The first kappa shape index (κ1) is 23.3. The van der Waals surface area contributed by atoms with Crippen molar-refractivity contribution in [1.82, 2.24) is 4.90 Å². The van der Waals surface area contributed by atoms with Crippen molar-refractivity contribution in [3.05, 3.63) is 27.1 Å². The fourth-order valence-corrected chi connectivity index (χ4v) is 4.18. The van der Waals surface area contributed by atoms with Gasteiger partial charge in [-0.15, -0.1) is 0 Å². The first-order chi connectivity index (χ1) is 13.7. The molecule has 7 nitrogen and oxygen atoms in total. The van der Waals surface area contributed by atoms with Crippen LogP contribution in [0, 0.1) is 0 Å². The van der Waals surface area contributed by atoms with E-state index in [1.807, 2.05) is 27.7 Å². The molecule has 158 valence electrons. The summed E-state index contributed by atoms with van der Waals surface area (Å²) in [5.74, 6) is 0.258. The Morgan fingerprint density at radius 1 is 1.24 bits per heavy atom. The third-order valence-corrected chi connectivity index (χ3v) is 5.55. The van der Waals surface area contributed by atoms with Crippen molar-refractivity contribution in [2.45, 2.75) is 39.8 Å². The van der Waals surface area contributed by atoms with Gasteiger partial charge in [-0.1, -0.05) is 15.9 Å². The van der Waals surface area contributed by atoms with Crippen molar-refractivity contribution >= 4 is 50.8 Å².